The summed E-state index contributed by atoms with van der Waals surface area (Å²) in [4.78, 5) is 23.7. The Labute approximate surface area is 124 Å². The van der Waals surface area contributed by atoms with Crippen molar-refractivity contribution < 1.29 is 14.3 Å². The van der Waals surface area contributed by atoms with Gasteiger partial charge in [-0.2, -0.15) is 0 Å². The van der Waals surface area contributed by atoms with E-state index in [0.717, 1.165) is 5.69 Å². The van der Waals surface area contributed by atoms with Crippen molar-refractivity contribution in [2.75, 3.05) is 11.9 Å². The molecule has 1 aromatic carbocycles. The Kier molecular flexibility index (Phi) is 5.16. The number of para-hydroxylation sites is 1. The van der Waals surface area contributed by atoms with Crippen LogP contribution in [0.4, 0.5) is 5.69 Å². The molecule has 0 spiro atoms. The van der Waals surface area contributed by atoms with Crippen molar-refractivity contribution in [1.82, 2.24) is 10.6 Å². The van der Waals surface area contributed by atoms with E-state index >= 15 is 0 Å². The number of carbonyl (C=O) groups is 2. The minimum Gasteiger partial charge on any atom is -0.466 e. The van der Waals surface area contributed by atoms with E-state index in [0.29, 0.717) is 6.61 Å². The lowest BCUT2D eigenvalue weighted by molar-refractivity contribution is -0.147. The molecule has 0 aromatic heterocycles. The van der Waals surface area contributed by atoms with Gasteiger partial charge in [-0.05, 0) is 26.0 Å². The zero-order valence-corrected chi connectivity index (χ0v) is 12.3. The van der Waals surface area contributed by atoms with E-state index in [1.807, 2.05) is 37.3 Å². The molecule has 1 aromatic rings. The van der Waals surface area contributed by atoms with Gasteiger partial charge >= 0.3 is 5.97 Å². The molecule has 3 unspecified atom stereocenters. The van der Waals surface area contributed by atoms with E-state index in [1.54, 1.807) is 6.92 Å². The van der Waals surface area contributed by atoms with Gasteiger partial charge in [0.1, 0.15) is 0 Å². The number of benzene rings is 1. The van der Waals surface area contributed by atoms with Gasteiger partial charge in [0.15, 0.2) is 6.29 Å². The van der Waals surface area contributed by atoms with Crippen LogP contribution in [0.5, 0.6) is 0 Å². The summed E-state index contributed by atoms with van der Waals surface area (Å²) in [6.07, 6.45) is -0.264. The Morgan fingerprint density at radius 3 is 2.67 bits per heavy atom. The van der Waals surface area contributed by atoms with E-state index in [-0.39, 0.29) is 30.6 Å². The van der Waals surface area contributed by atoms with E-state index in [2.05, 4.69) is 16.0 Å². The van der Waals surface area contributed by atoms with Gasteiger partial charge in [0, 0.05) is 11.7 Å². The maximum Gasteiger partial charge on any atom is 0.306 e. The van der Waals surface area contributed by atoms with Crippen LogP contribution >= 0.6 is 0 Å². The van der Waals surface area contributed by atoms with Crippen LogP contribution in [0.1, 0.15) is 20.3 Å². The number of hydrogen-bond donors (Lipinski definition) is 3. The largest absolute Gasteiger partial charge is 0.466 e. The highest BCUT2D eigenvalue weighted by molar-refractivity contribution is 5.85. The first-order valence-electron chi connectivity index (χ1n) is 7.13. The van der Waals surface area contributed by atoms with Crippen LogP contribution in [-0.2, 0) is 14.3 Å². The van der Waals surface area contributed by atoms with Gasteiger partial charge in [0.25, 0.3) is 0 Å². The zero-order valence-electron chi connectivity index (χ0n) is 12.3. The van der Waals surface area contributed by atoms with Gasteiger partial charge in [0.05, 0.1) is 18.9 Å². The first kappa shape index (κ1) is 15.3. The van der Waals surface area contributed by atoms with Crippen molar-refractivity contribution in [1.29, 1.82) is 0 Å². The van der Waals surface area contributed by atoms with Crippen molar-refractivity contribution in [3.8, 4) is 0 Å². The van der Waals surface area contributed by atoms with Gasteiger partial charge in [-0.3, -0.25) is 14.9 Å². The summed E-state index contributed by atoms with van der Waals surface area (Å²) >= 11 is 0. The standard InChI is InChI=1S/C15H21N3O3/c1-3-21-13(19)9-12-10(2)16-15(18-14(12)20)17-11-7-5-4-6-8-11/h4-8,10,12,15-17H,3,9H2,1-2H3,(H,18,20). The second-order valence-electron chi connectivity index (χ2n) is 5.02. The van der Waals surface area contributed by atoms with Crippen LogP contribution in [0.25, 0.3) is 0 Å². The van der Waals surface area contributed by atoms with Gasteiger partial charge in [-0.1, -0.05) is 18.2 Å². The molecule has 1 amide bonds. The van der Waals surface area contributed by atoms with Crippen molar-refractivity contribution in [3.63, 3.8) is 0 Å². The fraction of sp³-hybridized carbons (Fsp3) is 0.467. The number of carbonyl (C=O) groups excluding carboxylic acids is 2. The predicted molar refractivity (Wildman–Crippen MR) is 79.3 cm³/mol. The molecule has 0 saturated carbocycles. The number of anilines is 1. The van der Waals surface area contributed by atoms with E-state index in [1.165, 1.54) is 0 Å². The molecular formula is C15H21N3O3. The highest BCUT2D eigenvalue weighted by atomic mass is 16.5. The minimum absolute atomic E-state index is 0.0892. The number of esters is 1. The molecule has 6 heteroatoms. The van der Waals surface area contributed by atoms with E-state index in [9.17, 15) is 9.59 Å². The molecular weight excluding hydrogens is 270 g/mol. The first-order chi connectivity index (χ1) is 10.1. The Bertz CT molecular complexity index is 492. The molecule has 21 heavy (non-hydrogen) atoms. The SMILES string of the molecule is CCOC(=O)CC1C(=O)NC(Nc2ccccc2)NC1C. The maximum absolute atomic E-state index is 12.1. The van der Waals surface area contributed by atoms with E-state index in [4.69, 9.17) is 4.74 Å². The van der Waals surface area contributed by atoms with Crippen LogP contribution < -0.4 is 16.0 Å². The third-order valence-corrected chi connectivity index (χ3v) is 3.43. The Hall–Kier alpha value is -2.08. The topological polar surface area (TPSA) is 79.5 Å². The summed E-state index contributed by atoms with van der Waals surface area (Å²) in [5.74, 6) is -0.915. The second kappa shape index (κ2) is 7.08. The van der Waals surface area contributed by atoms with Crippen molar-refractivity contribution >= 4 is 17.6 Å². The molecule has 1 saturated heterocycles. The molecule has 0 radical (unpaired) electrons. The summed E-state index contributed by atoms with van der Waals surface area (Å²) in [7, 11) is 0. The molecule has 1 heterocycles. The highest BCUT2D eigenvalue weighted by Crippen LogP contribution is 2.16. The fourth-order valence-corrected chi connectivity index (χ4v) is 2.34. The average molecular weight is 291 g/mol. The lowest BCUT2D eigenvalue weighted by Crippen LogP contribution is -2.63. The number of hydrogen-bond acceptors (Lipinski definition) is 5. The van der Waals surface area contributed by atoms with Gasteiger partial charge in [-0.15, -0.1) is 0 Å². The third-order valence-electron chi connectivity index (χ3n) is 3.43. The number of rotatable bonds is 5. The van der Waals surface area contributed by atoms with Crippen LogP contribution in [0.3, 0.4) is 0 Å². The Morgan fingerprint density at radius 1 is 1.33 bits per heavy atom. The van der Waals surface area contributed by atoms with Crippen LogP contribution in [0, 0.1) is 5.92 Å². The molecule has 0 bridgehead atoms. The normalized spacial score (nSPS) is 25.0. The fourth-order valence-electron chi connectivity index (χ4n) is 2.34. The monoisotopic (exact) mass is 291 g/mol. The lowest BCUT2D eigenvalue weighted by atomic mass is 9.94. The molecule has 3 atom stereocenters. The maximum atomic E-state index is 12.1. The molecule has 114 valence electrons. The molecule has 0 aliphatic carbocycles. The molecule has 3 N–H and O–H groups in total. The van der Waals surface area contributed by atoms with Crippen molar-refractivity contribution in [3.05, 3.63) is 30.3 Å². The number of amides is 1. The summed E-state index contributed by atoms with van der Waals surface area (Å²) in [6, 6.07) is 9.48. The predicted octanol–water partition coefficient (Wildman–Crippen LogP) is 1.06. The molecule has 1 aliphatic heterocycles. The van der Waals surface area contributed by atoms with Crippen molar-refractivity contribution in [2.24, 2.45) is 5.92 Å². The van der Waals surface area contributed by atoms with E-state index < -0.39 is 5.92 Å². The zero-order chi connectivity index (χ0) is 15.2. The quantitative estimate of drug-likeness (QED) is 0.707. The summed E-state index contributed by atoms with van der Waals surface area (Å²) in [5, 5.41) is 9.25. The molecule has 1 aliphatic rings. The summed E-state index contributed by atoms with van der Waals surface area (Å²) < 4.78 is 4.90. The Balaban J connectivity index is 1.92. The van der Waals surface area contributed by atoms with Gasteiger partial charge in [-0.25, -0.2) is 0 Å². The van der Waals surface area contributed by atoms with Crippen molar-refractivity contribution in [2.45, 2.75) is 32.6 Å². The molecule has 1 fully saturated rings. The van der Waals surface area contributed by atoms with Crippen LogP contribution in [0.2, 0.25) is 0 Å². The van der Waals surface area contributed by atoms with Crippen LogP contribution in [-0.4, -0.2) is 30.8 Å². The Morgan fingerprint density at radius 2 is 2.05 bits per heavy atom. The van der Waals surface area contributed by atoms with Gasteiger partial charge in [0.2, 0.25) is 5.91 Å². The summed E-state index contributed by atoms with van der Waals surface area (Å²) in [5.41, 5.74) is 0.909. The lowest BCUT2D eigenvalue weighted by Gasteiger charge is -2.36. The minimum atomic E-state index is -0.419. The smallest absolute Gasteiger partial charge is 0.306 e. The van der Waals surface area contributed by atoms with Gasteiger partial charge < -0.3 is 15.4 Å². The highest BCUT2D eigenvalue weighted by Gasteiger charge is 2.35. The molecule has 2 rings (SSSR count). The number of nitrogens with one attached hydrogen (secondary N) is 3. The van der Waals surface area contributed by atoms with Crippen LogP contribution in [0.15, 0.2) is 30.3 Å². The second-order valence-corrected chi connectivity index (χ2v) is 5.02. The number of ether oxygens (including phenoxy) is 1. The average Bonchev–Trinajstić information content (AvgIpc) is 2.44. The summed E-state index contributed by atoms with van der Waals surface area (Å²) in [6.45, 7) is 3.97. The molecule has 6 nitrogen and oxygen atoms in total. The first-order valence-corrected chi connectivity index (χ1v) is 7.13. The third kappa shape index (κ3) is 4.19.